The molecule has 1 aliphatic heterocycles. The van der Waals surface area contributed by atoms with Gasteiger partial charge in [0.1, 0.15) is 11.5 Å². The van der Waals surface area contributed by atoms with E-state index in [1.54, 1.807) is 30.3 Å². The molecule has 0 spiro atoms. The van der Waals surface area contributed by atoms with Crippen molar-refractivity contribution in [1.29, 1.82) is 0 Å². The molecule has 1 amide bonds. The van der Waals surface area contributed by atoms with Crippen LogP contribution < -0.4 is 4.90 Å². The van der Waals surface area contributed by atoms with E-state index in [2.05, 4.69) is 15.9 Å². The SMILES string of the molecule is O=C1/C(=C\c2ccc(-c3cccc(C(F)(F)F)c3)o2)SC(=S)N1c1ccc(Br)c(Cl)c1. The van der Waals surface area contributed by atoms with Crippen LogP contribution in [0, 0.1) is 0 Å². The summed E-state index contributed by atoms with van der Waals surface area (Å²) in [5.74, 6) is 0.236. The van der Waals surface area contributed by atoms with Crippen molar-refractivity contribution in [2.24, 2.45) is 0 Å². The summed E-state index contributed by atoms with van der Waals surface area (Å²) in [6.07, 6.45) is -2.94. The van der Waals surface area contributed by atoms with Crippen LogP contribution in [-0.4, -0.2) is 10.2 Å². The molecule has 2 aromatic carbocycles. The third-order valence-electron chi connectivity index (χ3n) is 4.33. The van der Waals surface area contributed by atoms with Gasteiger partial charge in [-0.2, -0.15) is 13.2 Å². The predicted octanol–water partition coefficient (Wildman–Crippen LogP) is 7.79. The van der Waals surface area contributed by atoms with Gasteiger partial charge in [-0.25, -0.2) is 0 Å². The number of rotatable bonds is 3. The van der Waals surface area contributed by atoms with Crippen LogP contribution in [0.1, 0.15) is 11.3 Å². The van der Waals surface area contributed by atoms with Crippen molar-refractivity contribution in [2.75, 3.05) is 4.90 Å². The van der Waals surface area contributed by atoms with Crippen molar-refractivity contribution in [1.82, 2.24) is 0 Å². The van der Waals surface area contributed by atoms with Gasteiger partial charge in [-0.3, -0.25) is 9.69 Å². The second-order valence-corrected chi connectivity index (χ2v) is 9.33. The largest absolute Gasteiger partial charge is 0.457 e. The lowest BCUT2D eigenvalue weighted by atomic mass is 10.1. The van der Waals surface area contributed by atoms with Gasteiger partial charge >= 0.3 is 6.18 Å². The molecule has 3 aromatic rings. The zero-order valence-corrected chi connectivity index (χ0v) is 19.2. The summed E-state index contributed by atoms with van der Waals surface area (Å²) in [4.78, 5) is 14.6. The molecule has 4 rings (SSSR count). The number of amides is 1. The Morgan fingerprint density at radius 2 is 1.90 bits per heavy atom. The van der Waals surface area contributed by atoms with Gasteiger partial charge in [-0.05, 0) is 58.4 Å². The van der Waals surface area contributed by atoms with Crippen LogP contribution in [0.4, 0.5) is 18.9 Å². The monoisotopic (exact) mass is 543 g/mol. The van der Waals surface area contributed by atoms with Crippen molar-refractivity contribution < 1.29 is 22.4 Å². The third kappa shape index (κ3) is 4.59. The van der Waals surface area contributed by atoms with Crippen molar-refractivity contribution in [2.45, 2.75) is 6.18 Å². The molecule has 2 heterocycles. The molecule has 158 valence electrons. The number of carbonyl (C=O) groups excluding carboxylic acids is 1. The lowest BCUT2D eigenvalue weighted by Crippen LogP contribution is -2.27. The summed E-state index contributed by atoms with van der Waals surface area (Å²) in [5, 5.41) is 0.437. The van der Waals surface area contributed by atoms with Crippen molar-refractivity contribution in [3.63, 3.8) is 0 Å². The van der Waals surface area contributed by atoms with Gasteiger partial charge in [0.25, 0.3) is 5.91 Å². The number of alkyl halides is 3. The number of thioether (sulfide) groups is 1. The number of thiocarbonyl (C=S) groups is 1. The predicted molar refractivity (Wildman–Crippen MR) is 124 cm³/mol. The first-order chi connectivity index (χ1) is 14.6. The molecular formula is C21H10BrClF3NO2S2. The molecular weight excluding hydrogens is 535 g/mol. The third-order valence-corrected chi connectivity index (χ3v) is 6.86. The maximum atomic E-state index is 13.0. The minimum Gasteiger partial charge on any atom is -0.457 e. The molecule has 0 radical (unpaired) electrons. The van der Waals surface area contributed by atoms with E-state index in [0.717, 1.165) is 23.9 Å². The average molecular weight is 545 g/mol. The Hall–Kier alpha value is -2.07. The number of anilines is 1. The fraction of sp³-hybridized carbons (Fsp3) is 0.0476. The summed E-state index contributed by atoms with van der Waals surface area (Å²) in [6, 6.07) is 13.0. The Kier molecular flexibility index (Phi) is 6.04. The fourth-order valence-electron chi connectivity index (χ4n) is 2.88. The van der Waals surface area contributed by atoms with Gasteiger partial charge < -0.3 is 4.42 Å². The van der Waals surface area contributed by atoms with Gasteiger partial charge in [0.15, 0.2) is 4.32 Å². The molecule has 1 fully saturated rings. The number of benzene rings is 2. The Bertz CT molecular complexity index is 1240. The number of nitrogens with zero attached hydrogens (tertiary/aromatic N) is 1. The summed E-state index contributed by atoms with van der Waals surface area (Å²) in [6.45, 7) is 0. The highest BCUT2D eigenvalue weighted by atomic mass is 79.9. The molecule has 0 bridgehead atoms. The topological polar surface area (TPSA) is 33.5 Å². The average Bonchev–Trinajstić information content (AvgIpc) is 3.28. The van der Waals surface area contributed by atoms with Gasteiger partial charge in [0.2, 0.25) is 0 Å². The molecule has 0 saturated carbocycles. The van der Waals surface area contributed by atoms with E-state index in [9.17, 15) is 18.0 Å². The van der Waals surface area contributed by atoms with Crippen molar-refractivity contribution >= 4 is 73.5 Å². The summed E-state index contributed by atoms with van der Waals surface area (Å²) in [5.41, 5.74) is 0.0479. The maximum Gasteiger partial charge on any atom is 0.416 e. The molecule has 0 aliphatic carbocycles. The van der Waals surface area contributed by atoms with E-state index in [-0.39, 0.29) is 17.2 Å². The molecule has 1 aliphatic rings. The molecule has 3 nitrogen and oxygen atoms in total. The number of carbonyl (C=O) groups is 1. The van der Waals surface area contributed by atoms with Crippen LogP contribution in [0.2, 0.25) is 5.02 Å². The second-order valence-electron chi connectivity index (χ2n) is 6.40. The van der Waals surface area contributed by atoms with Crippen LogP contribution in [0.25, 0.3) is 17.4 Å². The molecule has 10 heteroatoms. The van der Waals surface area contributed by atoms with Crippen molar-refractivity contribution in [3.05, 3.63) is 80.3 Å². The first-order valence-corrected chi connectivity index (χ1v) is 11.0. The van der Waals surface area contributed by atoms with Gasteiger partial charge in [0.05, 0.1) is 21.2 Å². The quantitative estimate of drug-likeness (QED) is 0.249. The van der Waals surface area contributed by atoms with Crippen LogP contribution in [-0.2, 0) is 11.0 Å². The molecule has 0 unspecified atom stereocenters. The first kappa shape index (κ1) is 22.1. The fourth-order valence-corrected chi connectivity index (χ4v) is 4.58. The second kappa shape index (κ2) is 8.46. The minimum absolute atomic E-state index is 0.257. The normalized spacial score (nSPS) is 15.9. The van der Waals surface area contributed by atoms with Crippen LogP contribution in [0.3, 0.4) is 0 Å². The van der Waals surface area contributed by atoms with Gasteiger partial charge in [-0.1, -0.05) is 47.7 Å². The Morgan fingerprint density at radius 1 is 1.13 bits per heavy atom. The van der Waals surface area contributed by atoms with E-state index in [0.29, 0.717) is 30.2 Å². The summed E-state index contributed by atoms with van der Waals surface area (Å²) in [7, 11) is 0. The minimum atomic E-state index is -4.45. The Morgan fingerprint density at radius 3 is 2.61 bits per heavy atom. The van der Waals surface area contributed by atoms with E-state index in [4.69, 9.17) is 28.2 Å². The van der Waals surface area contributed by atoms with E-state index < -0.39 is 11.7 Å². The van der Waals surface area contributed by atoms with Crippen LogP contribution >= 0.6 is 51.5 Å². The number of halogens is 5. The summed E-state index contributed by atoms with van der Waals surface area (Å²) < 4.78 is 45.5. The molecule has 31 heavy (non-hydrogen) atoms. The zero-order chi connectivity index (χ0) is 22.3. The van der Waals surface area contributed by atoms with Gasteiger partial charge in [0, 0.05) is 16.1 Å². The lowest BCUT2D eigenvalue weighted by molar-refractivity contribution is -0.137. The van der Waals surface area contributed by atoms with Crippen molar-refractivity contribution in [3.8, 4) is 11.3 Å². The molecule has 0 atom stereocenters. The maximum absolute atomic E-state index is 13.0. The van der Waals surface area contributed by atoms with Crippen LogP contribution in [0.5, 0.6) is 0 Å². The molecule has 1 saturated heterocycles. The standard InChI is InChI=1S/C21H10BrClF3NO2S2/c22-15-6-4-13(9-16(15)23)27-19(28)18(31-20(27)30)10-14-5-7-17(29-14)11-2-1-3-12(8-11)21(24,25)26/h1-10H/b18-10+. The van der Waals surface area contributed by atoms with E-state index in [1.165, 1.54) is 23.1 Å². The Labute approximate surface area is 198 Å². The van der Waals surface area contributed by atoms with Gasteiger partial charge in [-0.15, -0.1) is 0 Å². The highest BCUT2D eigenvalue weighted by Gasteiger charge is 2.34. The highest BCUT2D eigenvalue weighted by molar-refractivity contribution is 9.10. The summed E-state index contributed by atoms with van der Waals surface area (Å²) >= 11 is 15.9. The van der Waals surface area contributed by atoms with Crippen LogP contribution in [0.15, 0.2) is 68.4 Å². The lowest BCUT2D eigenvalue weighted by Gasteiger charge is -2.15. The van der Waals surface area contributed by atoms with E-state index in [1.807, 2.05) is 0 Å². The molecule has 0 N–H and O–H groups in total. The zero-order valence-electron chi connectivity index (χ0n) is 15.2. The molecule has 1 aromatic heterocycles. The number of hydrogen-bond donors (Lipinski definition) is 0. The number of hydrogen-bond acceptors (Lipinski definition) is 4. The smallest absolute Gasteiger partial charge is 0.416 e. The van der Waals surface area contributed by atoms with E-state index >= 15 is 0 Å². The Balaban J connectivity index is 1.60. The first-order valence-electron chi connectivity index (χ1n) is 8.64. The highest BCUT2D eigenvalue weighted by Crippen LogP contribution is 2.39. The number of furan rings is 1.